The van der Waals surface area contributed by atoms with Crippen LogP contribution in [0.2, 0.25) is 0 Å². The maximum absolute atomic E-state index is 2.28. The van der Waals surface area contributed by atoms with E-state index in [2.05, 4.69) is 67.6 Å². The number of benzene rings is 2. The molecule has 3 aromatic rings. The molecule has 3 aromatic carbocycles. The Balaban J connectivity index is 0.00000161. The van der Waals surface area contributed by atoms with Crippen molar-refractivity contribution in [3.8, 4) is 11.1 Å². The van der Waals surface area contributed by atoms with Gasteiger partial charge in [-0.15, -0.1) is 34.5 Å². The van der Waals surface area contributed by atoms with E-state index >= 15 is 0 Å². The molecule has 1 radical (unpaired) electrons. The molecule has 0 atom stereocenters. The molecule has 3 rings (SSSR count). The Morgan fingerprint density at radius 1 is 0.870 bits per heavy atom. The zero-order valence-electron chi connectivity index (χ0n) is 13.4. The second-order valence-electron chi connectivity index (χ2n) is 5.53. The zero-order chi connectivity index (χ0) is 13.8. The summed E-state index contributed by atoms with van der Waals surface area (Å²) in [5.74, 6) is 0. The van der Waals surface area contributed by atoms with Crippen LogP contribution in [0.25, 0.3) is 21.9 Å². The van der Waals surface area contributed by atoms with E-state index in [1.165, 1.54) is 53.1 Å². The van der Waals surface area contributed by atoms with Gasteiger partial charge in [0.2, 0.25) is 0 Å². The smallest absolute Gasteiger partial charge is 1.00 e. The first-order valence-corrected chi connectivity index (χ1v) is 7.61. The predicted octanol–water partition coefficient (Wildman–Crippen LogP) is -0.0361. The summed E-state index contributed by atoms with van der Waals surface area (Å²) in [5, 5.41) is 2.66. The minimum Gasteiger partial charge on any atom is -1.00 e. The van der Waals surface area contributed by atoms with Gasteiger partial charge in [-0.25, -0.2) is 0 Å². The summed E-state index contributed by atoms with van der Waals surface area (Å²) in [6.45, 7) is 2.25. The Labute approximate surface area is 171 Å². The molecular formula is C20H21Cl2Zr. The molecule has 119 valence electrons. The van der Waals surface area contributed by atoms with E-state index in [0.717, 1.165) is 0 Å². The standard InChI is InChI=1S/C20H21.2ClH.Zr/c1-2-3-4-7-16-10-12-17(13-11-16)20-14-18-8-5-6-9-19(18)15-20;;;/h5-6,8-15H,2-4,7H2,1H3;2*1H;/q-1;;;+3/p-2. The van der Waals surface area contributed by atoms with Gasteiger partial charge in [-0.3, -0.25) is 0 Å². The van der Waals surface area contributed by atoms with Crippen molar-refractivity contribution < 1.29 is 51.0 Å². The number of rotatable bonds is 5. The fourth-order valence-electron chi connectivity index (χ4n) is 2.76. The number of aryl methyl sites for hydroxylation is 1. The van der Waals surface area contributed by atoms with Crippen molar-refractivity contribution in [2.24, 2.45) is 0 Å². The molecule has 0 aliphatic heterocycles. The average molecular weight is 424 g/mol. The summed E-state index contributed by atoms with van der Waals surface area (Å²) in [5.41, 5.74) is 4.10. The van der Waals surface area contributed by atoms with Crippen LogP contribution < -0.4 is 24.8 Å². The van der Waals surface area contributed by atoms with Crippen LogP contribution in [-0.2, 0) is 32.6 Å². The van der Waals surface area contributed by atoms with Gasteiger partial charge < -0.3 is 24.8 Å². The van der Waals surface area contributed by atoms with Crippen LogP contribution in [-0.4, -0.2) is 0 Å². The first kappa shape index (κ1) is 22.5. The van der Waals surface area contributed by atoms with E-state index in [9.17, 15) is 0 Å². The van der Waals surface area contributed by atoms with E-state index in [4.69, 9.17) is 0 Å². The molecule has 3 heteroatoms. The van der Waals surface area contributed by atoms with Crippen molar-refractivity contribution >= 4 is 10.8 Å². The molecule has 0 aliphatic carbocycles. The van der Waals surface area contributed by atoms with Gasteiger partial charge in [-0.05, 0) is 18.4 Å². The molecule has 0 aliphatic rings. The molecule has 0 fully saturated rings. The summed E-state index contributed by atoms with van der Waals surface area (Å²) in [7, 11) is 0. The molecule has 0 saturated heterocycles. The summed E-state index contributed by atoms with van der Waals surface area (Å²) in [6.07, 6.45) is 5.13. The average Bonchev–Trinajstić information content (AvgIpc) is 2.92. The zero-order valence-corrected chi connectivity index (χ0v) is 17.3. The van der Waals surface area contributed by atoms with Crippen molar-refractivity contribution in [3.05, 3.63) is 66.2 Å². The topological polar surface area (TPSA) is 0 Å². The monoisotopic (exact) mass is 421 g/mol. The Kier molecular flexibility index (Phi) is 10.9. The third-order valence-electron chi connectivity index (χ3n) is 3.97. The van der Waals surface area contributed by atoms with Crippen molar-refractivity contribution in [1.29, 1.82) is 0 Å². The van der Waals surface area contributed by atoms with Gasteiger partial charge in [-0.2, -0.15) is 0 Å². The second kappa shape index (κ2) is 11.1. The number of hydrogen-bond acceptors (Lipinski definition) is 0. The molecule has 0 nitrogen and oxygen atoms in total. The van der Waals surface area contributed by atoms with E-state index in [-0.39, 0.29) is 51.0 Å². The Morgan fingerprint density at radius 2 is 1.57 bits per heavy atom. The van der Waals surface area contributed by atoms with Crippen LogP contribution in [0.3, 0.4) is 0 Å². The van der Waals surface area contributed by atoms with Gasteiger partial charge in [0.15, 0.2) is 0 Å². The van der Waals surface area contributed by atoms with E-state index in [1.807, 2.05) is 0 Å². The first-order chi connectivity index (χ1) is 9.86. The largest absolute Gasteiger partial charge is 3.00 e. The van der Waals surface area contributed by atoms with Crippen LogP contribution in [0.4, 0.5) is 0 Å². The Hall–Kier alpha value is -0.487. The van der Waals surface area contributed by atoms with Crippen LogP contribution in [0, 0.1) is 0 Å². The fraction of sp³-hybridized carbons (Fsp3) is 0.250. The minimum absolute atomic E-state index is 0. The molecule has 0 heterocycles. The van der Waals surface area contributed by atoms with Gasteiger partial charge in [0.1, 0.15) is 0 Å². The van der Waals surface area contributed by atoms with Gasteiger partial charge in [0.25, 0.3) is 0 Å². The maximum Gasteiger partial charge on any atom is 3.00 e. The SMILES string of the molecule is CCCCCc1ccc(-c2cc3ccccc3[cH-]2)cc1.[Cl-].[Cl-].[Zr+3]. The van der Waals surface area contributed by atoms with Crippen LogP contribution >= 0.6 is 0 Å². The molecule has 0 bridgehead atoms. The van der Waals surface area contributed by atoms with Gasteiger partial charge in [0.05, 0.1) is 0 Å². The molecule has 0 N–H and O–H groups in total. The van der Waals surface area contributed by atoms with E-state index in [0.29, 0.717) is 0 Å². The molecule has 0 unspecified atom stereocenters. The van der Waals surface area contributed by atoms with Crippen molar-refractivity contribution in [2.45, 2.75) is 32.6 Å². The second-order valence-corrected chi connectivity index (χ2v) is 5.53. The third-order valence-corrected chi connectivity index (χ3v) is 3.97. The van der Waals surface area contributed by atoms with Crippen molar-refractivity contribution in [1.82, 2.24) is 0 Å². The number of unbranched alkanes of at least 4 members (excludes halogenated alkanes) is 2. The predicted molar refractivity (Wildman–Crippen MR) is 88.2 cm³/mol. The first-order valence-electron chi connectivity index (χ1n) is 7.61. The van der Waals surface area contributed by atoms with E-state index in [1.54, 1.807) is 0 Å². The van der Waals surface area contributed by atoms with Crippen molar-refractivity contribution in [3.63, 3.8) is 0 Å². The van der Waals surface area contributed by atoms with E-state index < -0.39 is 0 Å². The molecule has 23 heavy (non-hydrogen) atoms. The van der Waals surface area contributed by atoms with Crippen LogP contribution in [0.5, 0.6) is 0 Å². The van der Waals surface area contributed by atoms with Crippen LogP contribution in [0.15, 0.2) is 60.7 Å². The summed E-state index contributed by atoms with van der Waals surface area (Å²) >= 11 is 0. The quantitative estimate of drug-likeness (QED) is 0.399. The fourth-order valence-corrected chi connectivity index (χ4v) is 2.76. The molecule has 0 saturated carbocycles. The number of fused-ring (bicyclic) bond motifs is 1. The maximum atomic E-state index is 2.28. The molecule has 0 amide bonds. The van der Waals surface area contributed by atoms with Gasteiger partial charge in [-0.1, -0.05) is 67.8 Å². The Morgan fingerprint density at radius 3 is 2.22 bits per heavy atom. The molecule has 0 spiro atoms. The minimum atomic E-state index is 0. The third kappa shape index (κ3) is 5.82. The molecule has 0 aromatic heterocycles. The normalized spacial score (nSPS) is 9.61. The molecular weight excluding hydrogens is 402 g/mol. The summed E-state index contributed by atoms with van der Waals surface area (Å²) in [4.78, 5) is 0. The number of halogens is 2. The summed E-state index contributed by atoms with van der Waals surface area (Å²) in [6, 6.07) is 22.2. The van der Waals surface area contributed by atoms with Gasteiger partial charge >= 0.3 is 26.2 Å². The van der Waals surface area contributed by atoms with Gasteiger partial charge in [0, 0.05) is 0 Å². The Bertz CT molecular complexity index is 653. The summed E-state index contributed by atoms with van der Waals surface area (Å²) < 4.78 is 0. The van der Waals surface area contributed by atoms with Crippen LogP contribution in [0.1, 0.15) is 31.7 Å². The van der Waals surface area contributed by atoms with Crippen molar-refractivity contribution in [2.75, 3.05) is 0 Å². The number of hydrogen-bond donors (Lipinski definition) is 0.